The van der Waals surface area contributed by atoms with Gasteiger partial charge in [0.15, 0.2) is 9.84 Å². The standard InChI is InChI=1S/C34H45N3O6S3/c1-5-24(2)31(36-33(39)23-45-22-25-13-15-28(16-14-25)46(4,42)43)20-37(21-32(38)35-30(34(40)41)17-18-44-3)19-27-11-8-10-26-9-6-7-12-29(26)27/h6-16,24,30-31H,5,17-23H2,1-4H3,(H,35,38)(H,36,39)(H,40,41). The van der Waals surface area contributed by atoms with Crippen molar-refractivity contribution in [3.05, 3.63) is 77.9 Å². The van der Waals surface area contributed by atoms with Gasteiger partial charge < -0.3 is 15.7 Å². The Morgan fingerprint density at radius 2 is 1.65 bits per heavy atom. The molecule has 0 heterocycles. The zero-order valence-corrected chi connectivity index (χ0v) is 29.3. The summed E-state index contributed by atoms with van der Waals surface area (Å²) >= 11 is 2.97. The van der Waals surface area contributed by atoms with Crippen LogP contribution in [0, 0.1) is 5.92 Å². The summed E-state index contributed by atoms with van der Waals surface area (Å²) in [6.45, 7) is 4.95. The van der Waals surface area contributed by atoms with Crippen molar-refractivity contribution in [3.8, 4) is 0 Å². The van der Waals surface area contributed by atoms with E-state index in [1.165, 1.54) is 29.8 Å². The number of aliphatic carboxylic acids is 1. The number of nitrogens with zero attached hydrogens (tertiary/aromatic N) is 1. The number of fused-ring (bicyclic) bond motifs is 1. The minimum absolute atomic E-state index is 0.0205. The van der Waals surface area contributed by atoms with Crippen LogP contribution in [-0.2, 0) is 36.5 Å². The maximum absolute atomic E-state index is 13.2. The summed E-state index contributed by atoms with van der Waals surface area (Å²) in [5.74, 6) is -0.0507. The van der Waals surface area contributed by atoms with Crippen LogP contribution in [0.1, 0.15) is 37.8 Å². The molecule has 46 heavy (non-hydrogen) atoms. The Hall–Kier alpha value is -3.06. The third-order valence-corrected chi connectivity index (χ3v) is 10.6. The van der Waals surface area contributed by atoms with E-state index in [0.29, 0.717) is 31.0 Å². The molecule has 0 saturated heterocycles. The van der Waals surface area contributed by atoms with Crippen LogP contribution in [0.15, 0.2) is 71.6 Å². The van der Waals surface area contributed by atoms with Gasteiger partial charge in [-0.05, 0) is 58.4 Å². The van der Waals surface area contributed by atoms with Crippen LogP contribution in [0.25, 0.3) is 10.8 Å². The molecule has 0 saturated carbocycles. The monoisotopic (exact) mass is 687 g/mol. The van der Waals surface area contributed by atoms with Gasteiger partial charge in [-0.2, -0.15) is 11.8 Å². The van der Waals surface area contributed by atoms with E-state index in [1.807, 2.05) is 53.6 Å². The highest BCUT2D eigenvalue weighted by Gasteiger charge is 2.25. The second-order valence-electron chi connectivity index (χ2n) is 11.5. The molecule has 0 aliphatic rings. The van der Waals surface area contributed by atoms with E-state index >= 15 is 0 Å². The fourth-order valence-corrected chi connectivity index (χ4v) is 6.97. The van der Waals surface area contributed by atoms with E-state index in [0.717, 1.165) is 28.3 Å². The number of carboxylic acid groups (broad SMARTS) is 1. The van der Waals surface area contributed by atoms with Crippen molar-refractivity contribution >= 4 is 61.9 Å². The van der Waals surface area contributed by atoms with Crippen molar-refractivity contribution in [1.82, 2.24) is 15.5 Å². The van der Waals surface area contributed by atoms with Crippen LogP contribution in [0.4, 0.5) is 0 Å². The van der Waals surface area contributed by atoms with Gasteiger partial charge in [-0.1, -0.05) is 74.9 Å². The van der Waals surface area contributed by atoms with Gasteiger partial charge in [0.2, 0.25) is 11.8 Å². The molecule has 0 fully saturated rings. The molecule has 250 valence electrons. The Morgan fingerprint density at radius 3 is 2.30 bits per heavy atom. The lowest BCUT2D eigenvalue weighted by Crippen LogP contribution is -2.51. The molecule has 0 aliphatic carbocycles. The predicted molar refractivity (Wildman–Crippen MR) is 189 cm³/mol. The lowest BCUT2D eigenvalue weighted by Gasteiger charge is -2.31. The number of amides is 2. The maximum atomic E-state index is 13.2. The lowest BCUT2D eigenvalue weighted by atomic mass is 9.97. The molecule has 3 rings (SSSR count). The van der Waals surface area contributed by atoms with E-state index in [2.05, 4.69) is 24.5 Å². The molecule has 0 bridgehead atoms. The molecule has 2 amide bonds. The number of rotatable bonds is 19. The molecule has 9 nitrogen and oxygen atoms in total. The fraction of sp³-hybridized carbons (Fsp3) is 0.441. The Labute approximate surface area is 281 Å². The number of benzene rings is 3. The zero-order chi connectivity index (χ0) is 33.7. The molecule has 3 N–H and O–H groups in total. The number of hydrogen-bond acceptors (Lipinski definition) is 8. The third-order valence-electron chi connectivity index (χ3n) is 7.87. The summed E-state index contributed by atoms with van der Waals surface area (Å²) in [7, 11) is -3.27. The average molecular weight is 688 g/mol. The van der Waals surface area contributed by atoms with Crippen LogP contribution in [0.3, 0.4) is 0 Å². The summed E-state index contributed by atoms with van der Waals surface area (Å²) in [6, 6.07) is 19.6. The van der Waals surface area contributed by atoms with E-state index in [-0.39, 0.29) is 41.0 Å². The van der Waals surface area contributed by atoms with Gasteiger partial charge >= 0.3 is 5.97 Å². The number of carboxylic acids is 1. The van der Waals surface area contributed by atoms with Crippen LogP contribution in [0.2, 0.25) is 0 Å². The Bertz CT molecular complexity index is 1560. The number of carbonyl (C=O) groups excluding carboxylic acids is 2. The summed E-state index contributed by atoms with van der Waals surface area (Å²) < 4.78 is 23.5. The first-order chi connectivity index (χ1) is 21.9. The summed E-state index contributed by atoms with van der Waals surface area (Å²) in [5.41, 5.74) is 1.96. The molecule has 0 radical (unpaired) electrons. The van der Waals surface area contributed by atoms with Crippen molar-refractivity contribution in [2.45, 2.75) is 56.0 Å². The second kappa shape index (κ2) is 18.3. The average Bonchev–Trinajstić information content (AvgIpc) is 3.02. The van der Waals surface area contributed by atoms with Crippen molar-refractivity contribution in [3.63, 3.8) is 0 Å². The first-order valence-corrected chi connectivity index (χ1v) is 19.7. The van der Waals surface area contributed by atoms with Gasteiger partial charge in [0.05, 0.1) is 17.2 Å². The number of carbonyl (C=O) groups is 3. The van der Waals surface area contributed by atoms with Crippen LogP contribution in [0.5, 0.6) is 0 Å². The van der Waals surface area contributed by atoms with E-state index in [4.69, 9.17) is 0 Å². The van der Waals surface area contributed by atoms with Gasteiger partial charge in [-0.25, -0.2) is 13.2 Å². The molecular weight excluding hydrogens is 643 g/mol. The SMILES string of the molecule is CCC(C)C(CN(CC(=O)NC(CCSC)C(=O)O)Cc1cccc2ccccc12)NC(=O)CSCc1ccc(S(C)(=O)=O)cc1. The van der Waals surface area contributed by atoms with Crippen molar-refractivity contribution in [2.24, 2.45) is 5.92 Å². The molecular formula is C34H45N3O6S3. The number of nitrogens with one attached hydrogen (secondary N) is 2. The quantitative estimate of drug-likeness (QED) is 0.162. The largest absolute Gasteiger partial charge is 0.480 e. The van der Waals surface area contributed by atoms with E-state index < -0.39 is 21.8 Å². The van der Waals surface area contributed by atoms with Crippen LogP contribution < -0.4 is 10.6 Å². The summed E-state index contributed by atoms with van der Waals surface area (Å²) in [5, 5.41) is 17.7. The van der Waals surface area contributed by atoms with Gasteiger partial charge in [-0.3, -0.25) is 14.5 Å². The molecule has 0 aromatic heterocycles. The molecule has 0 spiro atoms. The number of thioether (sulfide) groups is 2. The fourth-order valence-electron chi connectivity index (χ4n) is 5.07. The number of hydrogen-bond donors (Lipinski definition) is 3. The molecule has 3 aromatic rings. The van der Waals surface area contributed by atoms with Gasteiger partial charge in [0.25, 0.3) is 0 Å². The lowest BCUT2D eigenvalue weighted by molar-refractivity contribution is -0.142. The first kappa shape index (κ1) is 37.4. The second-order valence-corrected chi connectivity index (χ2v) is 15.5. The van der Waals surface area contributed by atoms with Gasteiger partial charge in [0, 0.05) is 31.1 Å². The summed E-state index contributed by atoms with van der Waals surface area (Å²) in [6.07, 6.45) is 4.21. The molecule has 3 unspecified atom stereocenters. The zero-order valence-electron chi connectivity index (χ0n) is 26.9. The highest BCUT2D eigenvalue weighted by molar-refractivity contribution is 7.99. The normalized spacial score (nSPS) is 13.7. The third kappa shape index (κ3) is 11.9. The molecule has 3 atom stereocenters. The van der Waals surface area contributed by atoms with E-state index in [9.17, 15) is 27.9 Å². The highest BCUT2D eigenvalue weighted by Crippen LogP contribution is 2.21. The predicted octanol–water partition coefficient (Wildman–Crippen LogP) is 4.83. The van der Waals surface area contributed by atoms with Crippen molar-refractivity contribution in [1.29, 1.82) is 0 Å². The topological polar surface area (TPSA) is 133 Å². The minimum atomic E-state index is -3.27. The van der Waals surface area contributed by atoms with Crippen molar-refractivity contribution in [2.75, 3.05) is 37.1 Å². The smallest absolute Gasteiger partial charge is 0.326 e. The molecule has 3 aromatic carbocycles. The first-order valence-electron chi connectivity index (χ1n) is 15.3. The van der Waals surface area contributed by atoms with E-state index in [1.54, 1.807) is 24.3 Å². The Balaban J connectivity index is 1.73. The van der Waals surface area contributed by atoms with Gasteiger partial charge in [-0.15, -0.1) is 11.8 Å². The maximum Gasteiger partial charge on any atom is 0.326 e. The molecule has 12 heteroatoms. The molecule has 0 aliphatic heterocycles. The van der Waals surface area contributed by atoms with Gasteiger partial charge in [0.1, 0.15) is 6.04 Å². The highest BCUT2D eigenvalue weighted by atomic mass is 32.2. The number of sulfone groups is 1. The minimum Gasteiger partial charge on any atom is -0.480 e. The van der Waals surface area contributed by atoms with Crippen molar-refractivity contribution < 1.29 is 27.9 Å². The van der Waals surface area contributed by atoms with Crippen LogP contribution >= 0.6 is 23.5 Å². The Morgan fingerprint density at radius 1 is 0.957 bits per heavy atom. The van der Waals surface area contributed by atoms with Crippen LogP contribution in [-0.4, -0.2) is 85.4 Å². The summed E-state index contributed by atoms with van der Waals surface area (Å²) in [4.78, 5) is 40.4. The Kier molecular flexibility index (Phi) is 14.9.